The Balaban J connectivity index is 2.15. The third-order valence-corrected chi connectivity index (χ3v) is 4.47. The van der Waals surface area contributed by atoms with Gasteiger partial charge >= 0.3 is 12.0 Å². The molecule has 3 amide bonds. The molecule has 7 nitrogen and oxygen atoms in total. The number of likely N-dealkylation sites (N-methyl/N-ethyl adjacent to an activating group) is 1. The second kappa shape index (κ2) is 5.54. The van der Waals surface area contributed by atoms with E-state index in [0.717, 1.165) is 6.42 Å². The molecule has 0 radical (unpaired) electrons. The van der Waals surface area contributed by atoms with Gasteiger partial charge in [-0.2, -0.15) is 0 Å². The maximum atomic E-state index is 12.7. The highest BCUT2D eigenvalue weighted by atomic mass is 16.4. The third kappa shape index (κ3) is 2.82. The average molecular weight is 297 g/mol. The predicted octanol–water partition coefficient (Wildman–Crippen LogP) is 0.598. The van der Waals surface area contributed by atoms with Crippen molar-refractivity contribution < 1.29 is 19.5 Å². The van der Waals surface area contributed by atoms with Crippen LogP contribution in [0.5, 0.6) is 0 Å². The van der Waals surface area contributed by atoms with Gasteiger partial charge in [0, 0.05) is 32.7 Å². The first-order chi connectivity index (χ1) is 9.75. The van der Waals surface area contributed by atoms with Crippen LogP contribution in [0.3, 0.4) is 0 Å². The van der Waals surface area contributed by atoms with E-state index in [1.807, 2.05) is 0 Å². The van der Waals surface area contributed by atoms with Crippen LogP contribution in [-0.4, -0.2) is 76.0 Å². The number of aliphatic carboxylic acids is 1. The second-order valence-electron chi connectivity index (χ2n) is 6.31. The number of carbonyl (C=O) groups is 3. The van der Waals surface area contributed by atoms with Gasteiger partial charge in [-0.3, -0.25) is 9.59 Å². The molecule has 21 heavy (non-hydrogen) atoms. The number of likely N-dealkylation sites (tertiary alicyclic amines) is 1. The summed E-state index contributed by atoms with van der Waals surface area (Å²) in [5, 5.41) is 8.95. The smallest absolute Gasteiger partial charge is 0.321 e. The summed E-state index contributed by atoms with van der Waals surface area (Å²) in [5.74, 6) is -0.982. The summed E-state index contributed by atoms with van der Waals surface area (Å²) < 4.78 is 0. The Morgan fingerprint density at radius 3 is 2.57 bits per heavy atom. The summed E-state index contributed by atoms with van der Waals surface area (Å²) in [4.78, 5) is 40.7. The van der Waals surface area contributed by atoms with Crippen molar-refractivity contribution in [3.05, 3.63) is 0 Å². The number of hydrogen-bond acceptors (Lipinski definition) is 3. The maximum absolute atomic E-state index is 12.7. The minimum atomic E-state index is -0.895. The standard InChI is InChI=1S/C14H23N3O4/c1-14(2)12(20)15(3)7-8-17(14)13(21)16-6-4-5-10(16)9-11(18)19/h10H,4-9H2,1-3H3,(H,18,19). The molecule has 2 heterocycles. The summed E-state index contributed by atoms with van der Waals surface area (Å²) in [6, 6.07) is -0.481. The highest BCUT2D eigenvalue weighted by Crippen LogP contribution is 2.27. The van der Waals surface area contributed by atoms with Crippen molar-refractivity contribution in [1.82, 2.24) is 14.7 Å². The number of hydrogen-bond donors (Lipinski definition) is 1. The quantitative estimate of drug-likeness (QED) is 0.809. The zero-order chi connectivity index (χ0) is 15.8. The Kier molecular flexibility index (Phi) is 4.11. The molecule has 2 rings (SSSR count). The van der Waals surface area contributed by atoms with Crippen molar-refractivity contribution in [1.29, 1.82) is 0 Å². The maximum Gasteiger partial charge on any atom is 0.321 e. The molecule has 7 heteroatoms. The molecule has 0 aliphatic carbocycles. The second-order valence-corrected chi connectivity index (χ2v) is 6.31. The molecule has 2 aliphatic rings. The Labute approximate surface area is 124 Å². The number of carbonyl (C=O) groups excluding carboxylic acids is 2. The fraction of sp³-hybridized carbons (Fsp3) is 0.786. The van der Waals surface area contributed by atoms with Gasteiger partial charge in [-0.25, -0.2) is 4.79 Å². The Morgan fingerprint density at radius 1 is 1.29 bits per heavy atom. The largest absolute Gasteiger partial charge is 0.481 e. The molecule has 0 saturated carbocycles. The number of amides is 3. The van der Waals surface area contributed by atoms with E-state index in [-0.39, 0.29) is 24.4 Å². The predicted molar refractivity (Wildman–Crippen MR) is 75.8 cm³/mol. The van der Waals surface area contributed by atoms with E-state index < -0.39 is 11.5 Å². The van der Waals surface area contributed by atoms with Crippen LogP contribution in [-0.2, 0) is 9.59 Å². The van der Waals surface area contributed by atoms with Crippen LogP contribution in [0.1, 0.15) is 33.1 Å². The lowest BCUT2D eigenvalue weighted by Crippen LogP contribution is -2.66. The monoisotopic (exact) mass is 297 g/mol. The fourth-order valence-corrected chi connectivity index (χ4v) is 3.20. The van der Waals surface area contributed by atoms with E-state index in [1.54, 1.807) is 35.6 Å². The molecule has 0 spiro atoms. The minimum absolute atomic E-state index is 0.0339. The van der Waals surface area contributed by atoms with Gasteiger partial charge in [0.1, 0.15) is 5.54 Å². The van der Waals surface area contributed by atoms with E-state index in [4.69, 9.17) is 5.11 Å². The van der Waals surface area contributed by atoms with Gasteiger partial charge < -0.3 is 19.8 Å². The summed E-state index contributed by atoms with van der Waals surface area (Å²) >= 11 is 0. The van der Waals surface area contributed by atoms with E-state index in [2.05, 4.69) is 0 Å². The van der Waals surface area contributed by atoms with Crippen molar-refractivity contribution in [2.75, 3.05) is 26.7 Å². The molecule has 2 fully saturated rings. The highest BCUT2D eigenvalue weighted by Gasteiger charge is 2.46. The van der Waals surface area contributed by atoms with E-state index in [0.29, 0.717) is 26.1 Å². The lowest BCUT2D eigenvalue weighted by atomic mass is 9.98. The molecule has 2 aliphatic heterocycles. The van der Waals surface area contributed by atoms with Gasteiger partial charge in [-0.05, 0) is 26.7 Å². The summed E-state index contributed by atoms with van der Waals surface area (Å²) in [6.07, 6.45) is 1.49. The Hall–Kier alpha value is -1.79. The lowest BCUT2D eigenvalue weighted by Gasteiger charge is -2.46. The molecule has 0 bridgehead atoms. The van der Waals surface area contributed by atoms with Crippen molar-refractivity contribution in [2.45, 2.75) is 44.7 Å². The number of rotatable bonds is 2. The molecule has 1 atom stereocenters. The summed E-state index contributed by atoms with van der Waals surface area (Å²) in [6.45, 7) is 5.03. The Morgan fingerprint density at radius 2 is 1.95 bits per heavy atom. The first-order valence-corrected chi connectivity index (χ1v) is 7.30. The molecule has 118 valence electrons. The third-order valence-electron chi connectivity index (χ3n) is 4.47. The van der Waals surface area contributed by atoms with Gasteiger partial charge in [0.25, 0.3) is 0 Å². The minimum Gasteiger partial charge on any atom is -0.481 e. The van der Waals surface area contributed by atoms with E-state index >= 15 is 0 Å². The first-order valence-electron chi connectivity index (χ1n) is 7.30. The molecule has 1 unspecified atom stereocenters. The number of carboxylic acid groups (broad SMARTS) is 1. The number of piperazine rings is 1. The van der Waals surface area contributed by atoms with Crippen LogP contribution < -0.4 is 0 Å². The molecule has 0 aromatic rings. The normalized spacial score (nSPS) is 25.4. The highest BCUT2D eigenvalue weighted by molar-refractivity contribution is 5.91. The molecular weight excluding hydrogens is 274 g/mol. The zero-order valence-corrected chi connectivity index (χ0v) is 12.8. The van der Waals surface area contributed by atoms with Crippen LogP contribution >= 0.6 is 0 Å². The van der Waals surface area contributed by atoms with Crippen molar-refractivity contribution >= 4 is 17.9 Å². The number of nitrogens with zero attached hydrogens (tertiary/aromatic N) is 3. The molecular formula is C14H23N3O4. The molecule has 2 saturated heterocycles. The van der Waals surface area contributed by atoms with Gasteiger partial charge in [-0.1, -0.05) is 0 Å². The average Bonchev–Trinajstić information content (AvgIpc) is 2.83. The van der Waals surface area contributed by atoms with Gasteiger partial charge in [-0.15, -0.1) is 0 Å². The molecule has 0 aromatic heterocycles. The van der Waals surface area contributed by atoms with Crippen LogP contribution in [0.2, 0.25) is 0 Å². The lowest BCUT2D eigenvalue weighted by molar-refractivity contribution is -0.145. The van der Waals surface area contributed by atoms with E-state index in [9.17, 15) is 14.4 Å². The summed E-state index contributed by atoms with van der Waals surface area (Å²) in [5.41, 5.74) is -0.888. The topological polar surface area (TPSA) is 81.2 Å². The molecule has 1 N–H and O–H groups in total. The zero-order valence-electron chi connectivity index (χ0n) is 12.8. The van der Waals surface area contributed by atoms with Gasteiger partial charge in [0.2, 0.25) is 5.91 Å². The fourth-order valence-electron chi connectivity index (χ4n) is 3.20. The van der Waals surface area contributed by atoms with Crippen molar-refractivity contribution in [3.8, 4) is 0 Å². The van der Waals surface area contributed by atoms with Gasteiger partial charge in [0.15, 0.2) is 0 Å². The Bertz CT molecular complexity index is 463. The van der Waals surface area contributed by atoms with Crippen LogP contribution in [0.4, 0.5) is 4.79 Å². The van der Waals surface area contributed by atoms with E-state index in [1.165, 1.54) is 0 Å². The van der Waals surface area contributed by atoms with Crippen molar-refractivity contribution in [3.63, 3.8) is 0 Å². The van der Waals surface area contributed by atoms with Crippen LogP contribution in [0, 0.1) is 0 Å². The van der Waals surface area contributed by atoms with Crippen LogP contribution in [0.15, 0.2) is 0 Å². The summed E-state index contributed by atoms with van der Waals surface area (Å²) in [7, 11) is 1.73. The number of carboxylic acids is 1. The molecule has 0 aromatic carbocycles. The van der Waals surface area contributed by atoms with Crippen LogP contribution in [0.25, 0.3) is 0 Å². The van der Waals surface area contributed by atoms with Crippen molar-refractivity contribution in [2.24, 2.45) is 0 Å². The van der Waals surface area contributed by atoms with Gasteiger partial charge in [0.05, 0.1) is 6.42 Å². The first kappa shape index (κ1) is 15.6. The SMILES string of the molecule is CN1CCN(C(=O)N2CCCC2CC(=O)O)C(C)(C)C1=O. The number of urea groups is 1.